The van der Waals surface area contributed by atoms with Crippen molar-refractivity contribution in [1.82, 2.24) is 15.5 Å². The summed E-state index contributed by atoms with van der Waals surface area (Å²) >= 11 is 3.46. The van der Waals surface area contributed by atoms with Crippen molar-refractivity contribution < 1.29 is 4.79 Å². The van der Waals surface area contributed by atoms with Crippen LogP contribution in [0.3, 0.4) is 0 Å². The van der Waals surface area contributed by atoms with Gasteiger partial charge in [-0.3, -0.25) is 9.89 Å². The first-order chi connectivity index (χ1) is 9.59. The van der Waals surface area contributed by atoms with Crippen LogP contribution in [-0.2, 0) is 6.42 Å². The third kappa shape index (κ3) is 3.48. The standard InChI is InChI=1S/C15H18BrN3O/c1-10-5-3-7-13(14(10)16)15(20)17-8-4-6-12-9-18-19-11(12)2/h3,5,7,9H,4,6,8H2,1-2H3,(H,17,20)(H,18,19). The Kier molecular flexibility index (Phi) is 4.95. The summed E-state index contributed by atoms with van der Waals surface area (Å²) in [7, 11) is 0. The number of nitrogens with one attached hydrogen (secondary N) is 2. The highest BCUT2D eigenvalue weighted by Gasteiger charge is 2.10. The average Bonchev–Trinajstić information content (AvgIpc) is 2.83. The van der Waals surface area contributed by atoms with Gasteiger partial charge in [-0.15, -0.1) is 0 Å². The Morgan fingerprint density at radius 2 is 2.20 bits per heavy atom. The Hall–Kier alpha value is -1.62. The number of nitrogens with zero attached hydrogens (tertiary/aromatic N) is 1. The van der Waals surface area contributed by atoms with Crippen molar-refractivity contribution in [1.29, 1.82) is 0 Å². The van der Waals surface area contributed by atoms with Crippen LogP contribution in [0.25, 0.3) is 0 Å². The fourth-order valence-electron chi connectivity index (χ4n) is 2.03. The highest BCUT2D eigenvalue weighted by molar-refractivity contribution is 9.10. The predicted octanol–water partition coefficient (Wildman–Crippen LogP) is 3.15. The van der Waals surface area contributed by atoms with Gasteiger partial charge in [0.1, 0.15) is 0 Å². The minimum atomic E-state index is -0.0375. The Morgan fingerprint density at radius 1 is 1.40 bits per heavy atom. The van der Waals surface area contributed by atoms with Gasteiger partial charge >= 0.3 is 0 Å². The molecule has 0 aliphatic carbocycles. The van der Waals surface area contributed by atoms with Crippen LogP contribution in [0.15, 0.2) is 28.9 Å². The van der Waals surface area contributed by atoms with Gasteiger partial charge in [0.15, 0.2) is 0 Å². The van der Waals surface area contributed by atoms with Gasteiger partial charge in [0.2, 0.25) is 0 Å². The van der Waals surface area contributed by atoms with Crippen molar-refractivity contribution >= 4 is 21.8 Å². The summed E-state index contributed by atoms with van der Waals surface area (Å²) in [6.45, 7) is 4.64. The second kappa shape index (κ2) is 6.70. The number of amides is 1. The molecule has 0 aliphatic rings. The Bertz CT molecular complexity index is 607. The number of aromatic nitrogens is 2. The molecule has 0 atom stereocenters. The largest absolute Gasteiger partial charge is 0.352 e. The van der Waals surface area contributed by atoms with Gasteiger partial charge in [-0.1, -0.05) is 12.1 Å². The molecule has 2 rings (SSSR count). The van der Waals surface area contributed by atoms with Gasteiger partial charge in [-0.05, 0) is 59.8 Å². The van der Waals surface area contributed by atoms with Crippen molar-refractivity contribution in [2.45, 2.75) is 26.7 Å². The molecular weight excluding hydrogens is 318 g/mol. The number of hydrogen-bond acceptors (Lipinski definition) is 2. The number of carbonyl (C=O) groups is 1. The maximum atomic E-state index is 12.1. The topological polar surface area (TPSA) is 57.8 Å². The van der Waals surface area contributed by atoms with Crippen LogP contribution in [0.1, 0.15) is 33.6 Å². The van der Waals surface area contributed by atoms with Crippen molar-refractivity contribution in [2.24, 2.45) is 0 Å². The Balaban J connectivity index is 1.84. The second-order valence-electron chi connectivity index (χ2n) is 4.82. The van der Waals surface area contributed by atoms with Crippen molar-refractivity contribution in [3.63, 3.8) is 0 Å². The zero-order valence-electron chi connectivity index (χ0n) is 11.7. The third-order valence-corrected chi connectivity index (χ3v) is 4.33. The molecule has 4 nitrogen and oxygen atoms in total. The van der Waals surface area contributed by atoms with E-state index >= 15 is 0 Å². The summed E-state index contributed by atoms with van der Waals surface area (Å²) in [6, 6.07) is 5.69. The summed E-state index contributed by atoms with van der Waals surface area (Å²) in [5.74, 6) is -0.0375. The average molecular weight is 336 g/mol. The van der Waals surface area contributed by atoms with Crippen molar-refractivity contribution in [3.8, 4) is 0 Å². The van der Waals surface area contributed by atoms with E-state index < -0.39 is 0 Å². The first kappa shape index (κ1) is 14.8. The molecule has 0 aliphatic heterocycles. The first-order valence-electron chi connectivity index (χ1n) is 6.61. The zero-order valence-corrected chi connectivity index (χ0v) is 13.3. The lowest BCUT2D eigenvalue weighted by atomic mass is 10.1. The van der Waals surface area contributed by atoms with Crippen LogP contribution in [0.4, 0.5) is 0 Å². The molecule has 20 heavy (non-hydrogen) atoms. The van der Waals surface area contributed by atoms with Gasteiger partial charge in [-0.25, -0.2) is 0 Å². The zero-order chi connectivity index (χ0) is 14.5. The molecule has 1 amide bonds. The molecule has 0 bridgehead atoms. The molecule has 1 aromatic carbocycles. The van der Waals surface area contributed by atoms with E-state index in [0.29, 0.717) is 12.1 Å². The van der Waals surface area contributed by atoms with E-state index in [4.69, 9.17) is 0 Å². The maximum Gasteiger partial charge on any atom is 0.252 e. The minimum absolute atomic E-state index is 0.0375. The van der Waals surface area contributed by atoms with E-state index in [1.54, 1.807) is 0 Å². The van der Waals surface area contributed by atoms with Crippen LogP contribution in [0.5, 0.6) is 0 Å². The van der Waals surface area contributed by atoms with Crippen molar-refractivity contribution in [2.75, 3.05) is 6.54 Å². The predicted molar refractivity (Wildman–Crippen MR) is 82.9 cm³/mol. The normalized spacial score (nSPS) is 10.6. The molecule has 0 unspecified atom stereocenters. The molecule has 0 saturated carbocycles. The summed E-state index contributed by atoms with van der Waals surface area (Å²) in [5.41, 5.74) is 4.05. The van der Waals surface area contributed by atoms with E-state index in [0.717, 1.165) is 28.6 Å². The van der Waals surface area contributed by atoms with Crippen LogP contribution < -0.4 is 5.32 Å². The third-order valence-electron chi connectivity index (χ3n) is 3.28. The second-order valence-corrected chi connectivity index (χ2v) is 5.61. The quantitative estimate of drug-likeness (QED) is 0.824. The van der Waals surface area contributed by atoms with Gasteiger partial charge in [0.05, 0.1) is 11.8 Å². The van der Waals surface area contributed by atoms with Gasteiger partial charge in [-0.2, -0.15) is 5.10 Å². The number of rotatable bonds is 5. The molecule has 0 spiro atoms. The summed E-state index contributed by atoms with van der Waals surface area (Å²) < 4.78 is 0.864. The van der Waals surface area contributed by atoms with E-state index in [1.807, 2.05) is 38.2 Å². The van der Waals surface area contributed by atoms with Crippen LogP contribution in [-0.4, -0.2) is 22.6 Å². The number of hydrogen-bond donors (Lipinski definition) is 2. The highest BCUT2D eigenvalue weighted by Crippen LogP contribution is 2.20. The highest BCUT2D eigenvalue weighted by atomic mass is 79.9. The SMILES string of the molecule is Cc1cccc(C(=O)NCCCc2cn[nH]c2C)c1Br. The maximum absolute atomic E-state index is 12.1. The number of halogens is 1. The lowest BCUT2D eigenvalue weighted by molar-refractivity contribution is 0.0952. The number of aryl methyl sites for hydroxylation is 3. The summed E-state index contributed by atoms with van der Waals surface area (Å²) in [4.78, 5) is 12.1. The summed E-state index contributed by atoms with van der Waals surface area (Å²) in [5, 5.41) is 9.85. The minimum Gasteiger partial charge on any atom is -0.352 e. The van der Waals surface area contributed by atoms with Gasteiger partial charge < -0.3 is 5.32 Å². The van der Waals surface area contributed by atoms with E-state index in [2.05, 4.69) is 31.4 Å². The first-order valence-corrected chi connectivity index (χ1v) is 7.41. The Labute approximate surface area is 127 Å². The lowest BCUT2D eigenvalue weighted by Gasteiger charge is -2.08. The molecule has 0 saturated heterocycles. The molecule has 2 N–H and O–H groups in total. The fourth-order valence-corrected chi connectivity index (χ4v) is 2.47. The smallest absolute Gasteiger partial charge is 0.252 e. The van der Waals surface area contributed by atoms with Gasteiger partial charge in [0, 0.05) is 16.7 Å². The monoisotopic (exact) mass is 335 g/mol. The van der Waals surface area contributed by atoms with Crippen LogP contribution >= 0.6 is 15.9 Å². The molecule has 1 aromatic heterocycles. The fraction of sp³-hybridized carbons (Fsp3) is 0.333. The number of aromatic amines is 1. The van der Waals surface area contributed by atoms with Gasteiger partial charge in [0.25, 0.3) is 5.91 Å². The molecule has 5 heteroatoms. The number of carbonyl (C=O) groups excluding carboxylic acids is 1. The van der Waals surface area contributed by atoms with E-state index in [-0.39, 0.29) is 5.91 Å². The molecule has 2 aromatic rings. The summed E-state index contributed by atoms with van der Waals surface area (Å²) in [6.07, 6.45) is 3.65. The van der Waals surface area contributed by atoms with Crippen LogP contribution in [0.2, 0.25) is 0 Å². The molecule has 0 radical (unpaired) electrons. The van der Waals surface area contributed by atoms with E-state index in [1.165, 1.54) is 5.56 Å². The van der Waals surface area contributed by atoms with Crippen LogP contribution in [0, 0.1) is 13.8 Å². The number of H-pyrrole nitrogens is 1. The Morgan fingerprint density at radius 3 is 2.90 bits per heavy atom. The lowest BCUT2D eigenvalue weighted by Crippen LogP contribution is -2.25. The molecule has 0 fully saturated rings. The number of benzene rings is 1. The van der Waals surface area contributed by atoms with Crippen molar-refractivity contribution in [3.05, 3.63) is 51.3 Å². The molecular formula is C15H18BrN3O. The van der Waals surface area contributed by atoms with E-state index in [9.17, 15) is 4.79 Å². The molecule has 106 valence electrons. The molecule has 1 heterocycles.